The van der Waals surface area contributed by atoms with Crippen molar-refractivity contribution < 1.29 is 14.3 Å². The van der Waals surface area contributed by atoms with Crippen LogP contribution in [0.3, 0.4) is 0 Å². The number of carbonyl (C=O) groups is 2. The maximum atomic E-state index is 12.4. The number of methoxy groups -OCH3 is 1. The topological polar surface area (TPSA) is 80.3 Å². The zero-order chi connectivity index (χ0) is 19.9. The third kappa shape index (κ3) is 4.86. The van der Waals surface area contributed by atoms with Gasteiger partial charge < -0.3 is 15.4 Å². The number of pyridine rings is 1. The highest BCUT2D eigenvalue weighted by Gasteiger charge is 2.11. The molecule has 1 heterocycles. The summed E-state index contributed by atoms with van der Waals surface area (Å²) in [4.78, 5) is 28.2. The quantitative estimate of drug-likeness (QED) is 0.611. The minimum Gasteiger partial charge on any atom is -0.465 e. The number of halogens is 1. The van der Waals surface area contributed by atoms with Crippen molar-refractivity contribution in [2.24, 2.45) is 0 Å². The number of hydrogen-bond acceptors (Lipinski definition) is 5. The molecule has 0 aliphatic heterocycles. The Balaban J connectivity index is 1.73. The van der Waals surface area contributed by atoms with E-state index in [1.54, 1.807) is 30.5 Å². The highest BCUT2D eigenvalue weighted by Crippen LogP contribution is 2.27. The average Bonchev–Trinajstić information content (AvgIpc) is 2.74. The lowest BCUT2D eigenvalue weighted by molar-refractivity contribution is 0.0600. The first-order valence-corrected chi connectivity index (χ1v) is 8.86. The van der Waals surface area contributed by atoms with Gasteiger partial charge in [-0.25, -0.2) is 4.79 Å². The molecule has 142 valence electrons. The Morgan fingerprint density at radius 3 is 2.57 bits per heavy atom. The summed E-state index contributed by atoms with van der Waals surface area (Å²) in [6, 6.07) is 16.0. The second kappa shape index (κ2) is 9.01. The molecule has 2 N–H and O–H groups in total. The molecule has 0 bridgehead atoms. The van der Waals surface area contributed by atoms with Crippen LogP contribution in [0.15, 0.2) is 67.0 Å². The predicted octanol–water partition coefficient (Wildman–Crippen LogP) is 4.20. The zero-order valence-corrected chi connectivity index (χ0v) is 15.9. The van der Waals surface area contributed by atoms with Crippen LogP contribution in [-0.4, -0.2) is 24.0 Å². The molecule has 28 heavy (non-hydrogen) atoms. The van der Waals surface area contributed by atoms with Gasteiger partial charge in [0.25, 0.3) is 5.91 Å². The monoisotopic (exact) mass is 395 g/mol. The predicted molar refractivity (Wildman–Crippen MR) is 108 cm³/mol. The number of nitrogens with one attached hydrogen (secondary N) is 2. The third-order valence-electron chi connectivity index (χ3n) is 3.96. The van der Waals surface area contributed by atoms with Gasteiger partial charge in [0.15, 0.2) is 0 Å². The number of hydrogen-bond donors (Lipinski definition) is 2. The van der Waals surface area contributed by atoms with Crippen molar-refractivity contribution in [3.05, 3.63) is 88.7 Å². The number of rotatable bonds is 6. The number of aromatic nitrogens is 1. The van der Waals surface area contributed by atoms with Gasteiger partial charge in [-0.15, -0.1) is 0 Å². The van der Waals surface area contributed by atoms with Crippen molar-refractivity contribution in [2.45, 2.75) is 6.54 Å². The van der Waals surface area contributed by atoms with E-state index in [0.717, 1.165) is 5.56 Å². The molecule has 3 aromatic rings. The third-order valence-corrected chi connectivity index (χ3v) is 4.29. The van der Waals surface area contributed by atoms with Crippen molar-refractivity contribution in [1.29, 1.82) is 0 Å². The molecular weight excluding hydrogens is 378 g/mol. The summed E-state index contributed by atoms with van der Waals surface area (Å²) in [7, 11) is 1.31. The number of nitrogens with zero attached hydrogens (tertiary/aromatic N) is 1. The van der Waals surface area contributed by atoms with E-state index >= 15 is 0 Å². The first-order valence-electron chi connectivity index (χ1n) is 8.49. The number of carbonyl (C=O) groups excluding carboxylic acids is 2. The Labute approximate surface area is 167 Å². The molecule has 0 radical (unpaired) electrons. The largest absolute Gasteiger partial charge is 0.465 e. The van der Waals surface area contributed by atoms with E-state index in [1.807, 2.05) is 30.3 Å². The molecule has 0 saturated heterocycles. The molecule has 1 aromatic heterocycles. The highest BCUT2D eigenvalue weighted by molar-refractivity contribution is 6.33. The Morgan fingerprint density at radius 2 is 1.82 bits per heavy atom. The van der Waals surface area contributed by atoms with Crippen LogP contribution in [0.4, 0.5) is 11.4 Å². The second-order valence-electron chi connectivity index (χ2n) is 5.94. The second-order valence-corrected chi connectivity index (χ2v) is 6.35. The minimum absolute atomic E-state index is 0.241. The summed E-state index contributed by atoms with van der Waals surface area (Å²) in [5.74, 6) is -0.707. The molecule has 0 unspecified atom stereocenters. The molecule has 1 amide bonds. The van der Waals surface area contributed by atoms with Crippen LogP contribution in [0.2, 0.25) is 5.02 Å². The molecular formula is C21H18ClN3O3. The first kappa shape index (κ1) is 19.4. The van der Waals surface area contributed by atoms with Crippen LogP contribution in [0, 0.1) is 0 Å². The van der Waals surface area contributed by atoms with Crippen LogP contribution < -0.4 is 10.6 Å². The summed E-state index contributed by atoms with van der Waals surface area (Å²) in [6.07, 6.45) is 3.05. The number of benzene rings is 2. The zero-order valence-electron chi connectivity index (χ0n) is 15.1. The van der Waals surface area contributed by atoms with Gasteiger partial charge >= 0.3 is 5.97 Å². The van der Waals surface area contributed by atoms with Gasteiger partial charge in [-0.1, -0.05) is 41.9 Å². The molecule has 7 heteroatoms. The fraction of sp³-hybridized carbons (Fsp3) is 0.0952. The Hall–Kier alpha value is -3.38. The molecule has 6 nitrogen and oxygen atoms in total. The van der Waals surface area contributed by atoms with Crippen LogP contribution in [-0.2, 0) is 11.3 Å². The van der Waals surface area contributed by atoms with Crippen LogP contribution in [0.25, 0.3) is 0 Å². The van der Waals surface area contributed by atoms with E-state index in [2.05, 4.69) is 15.6 Å². The van der Waals surface area contributed by atoms with Gasteiger partial charge in [-0.05, 0) is 29.8 Å². The summed E-state index contributed by atoms with van der Waals surface area (Å²) >= 11 is 6.20. The average molecular weight is 396 g/mol. The van der Waals surface area contributed by atoms with E-state index < -0.39 is 5.97 Å². The molecule has 0 fully saturated rings. The number of amides is 1. The lowest BCUT2D eigenvalue weighted by atomic mass is 10.2. The normalized spacial score (nSPS) is 10.2. The van der Waals surface area contributed by atoms with Crippen molar-refractivity contribution in [2.75, 3.05) is 12.4 Å². The maximum Gasteiger partial charge on any atom is 0.337 e. The SMILES string of the molecule is COC(=O)c1ccc(Cl)c(Nc2cncc(C(=O)NCc3ccccc3)c2)c1. The molecule has 0 saturated carbocycles. The van der Waals surface area contributed by atoms with Gasteiger partial charge in [0.2, 0.25) is 0 Å². The molecule has 0 aliphatic carbocycles. The van der Waals surface area contributed by atoms with E-state index in [9.17, 15) is 9.59 Å². The van der Waals surface area contributed by atoms with Gasteiger partial charge in [0.1, 0.15) is 0 Å². The Morgan fingerprint density at radius 1 is 1.04 bits per heavy atom. The fourth-order valence-corrected chi connectivity index (χ4v) is 2.70. The van der Waals surface area contributed by atoms with Gasteiger partial charge in [-0.3, -0.25) is 9.78 Å². The molecule has 2 aromatic carbocycles. The van der Waals surface area contributed by atoms with Crippen molar-refractivity contribution in [3.63, 3.8) is 0 Å². The summed E-state index contributed by atoms with van der Waals surface area (Å²) in [5, 5.41) is 6.36. The van der Waals surface area contributed by atoms with E-state index in [1.165, 1.54) is 13.3 Å². The molecule has 0 spiro atoms. The molecule has 3 rings (SSSR count). The molecule has 0 atom stereocenters. The summed E-state index contributed by atoms with van der Waals surface area (Å²) in [5.41, 5.74) is 2.84. The molecule has 0 aliphatic rings. The van der Waals surface area contributed by atoms with Crippen molar-refractivity contribution in [3.8, 4) is 0 Å². The first-order chi connectivity index (χ1) is 13.6. The van der Waals surface area contributed by atoms with Crippen molar-refractivity contribution in [1.82, 2.24) is 10.3 Å². The van der Waals surface area contributed by atoms with Crippen LogP contribution >= 0.6 is 11.6 Å². The van der Waals surface area contributed by atoms with Crippen LogP contribution in [0.1, 0.15) is 26.3 Å². The summed E-state index contributed by atoms with van der Waals surface area (Å²) in [6.45, 7) is 0.421. The van der Waals surface area contributed by atoms with E-state index in [0.29, 0.717) is 34.1 Å². The lowest BCUT2D eigenvalue weighted by Gasteiger charge is -2.11. The van der Waals surface area contributed by atoms with Gasteiger partial charge in [0.05, 0.1) is 40.8 Å². The summed E-state index contributed by atoms with van der Waals surface area (Å²) < 4.78 is 4.72. The van der Waals surface area contributed by atoms with Gasteiger partial charge in [0, 0.05) is 12.7 Å². The Kier molecular flexibility index (Phi) is 6.24. The maximum absolute atomic E-state index is 12.4. The van der Waals surface area contributed by atoms with Crippen LogP contribution in [0.5, 0.6) is 0 Å². The van der Waals surface area contributed by atoms with Gasteiger partial charge in [-0.2, -0.15) is 0 Å². The van der Waals surface area contributed by atoms with E-state index in [-0.39, 0.29) is 5.91 Å². The minimum atomic E-state index is -0.466. The number of ether oxygens (including phenoxy) is 1. The standard InChI is InChI=1S/C21H18ClN3O3/c1-28-21(27)15-7-8-18(22)19(10-15)25-17-9-16(12-23-13-17)20(26)24-11-14-5-3-2-4-6-14/h2-10,12-13,25H,11H2,1H3,(H,24,26). The number of esters is 1. The Bertz CT molecular complexity index is 993. The lowest BCUT2D eigenvalue weighted by Crippen LogP contribution is -2.22. The van der Waals surface area contributed by atoms with Crippen molar-refractivity contribution >= 4 is 34.9 Å². The number of anilines is 2. The smallest absolute Gasteiger partial charge is 0.337 e. The highest BCUT2D eigenvalue weighted by atomic mass is 35.5. The fourth-order valence-electron chi connectivity index (χ4n) is 2.53. The van der Waals surface area contributed by atoms with E-state index in [4.69, 9.17) is 16.3 Å².